The van der Waals surface area contributed by atoms with E-state index in [1.165, 1.54) is 64.2 Å². The molecule has 0 aromatic heterocycles. The average Bonchev–Trinajstić information content (AvgIpc) is 3.50. The smallest absolute Gasteiger partial charge is 0.312 e. The number of fused-ring (bicyclic) bond motifs is 1. The molecule has 0 aromatic rings. The zero-order valence-corrected chi connectivity index (χ0v) is 21.0. The van der Waals surface area contributed by atoms with Crippen LogP contribution < -0.4 is 10.6 Å². The van der Waals surface area contributed by atoms with Crippen molar-refractivity contribution in [3.05, 3.63) is 0 Å². The molecule has 0 bridgehead atoms. The minimum Gasteiger partial charge on any atom is -0.462 e. The van der Waals surface area contributed by atoms with Gasteiger partial charge in [0.25, 0.3) is 0 Å². The highest BCUT2D eigenvalue weighted by molar-refractivity contribution is 8.02. The molecule has 1 amide bonds. The number of amides is 1. The Hall–Kier alpha value is -0.400. The summed E-state index contributed by atoms with van der Waals surface area (Å²) in [6.07, 6.45) is 18.3. The molecule has 0 aromatic carbocycles. The first kappa shape index (κ1) is 23.3. The molecule has 2 aliphatic heterocycles. The van der Waals surface area contributed by atoms with Gasteiger partial charge in [-0.15, -0.1) is 23.5 Å². The third-order valence-corrected chi connectivity index (χ3v) is 11.8. The lowest BCUT2D eigenvalue weighted by Gasteiger charge is -2.44. The SMILES string of the molecule is O=C(NC1SCCC1C(=O)OC1CCCC1)C1NC2CCCCC2(C2CCCCCC2)S1. The number of esters is 1. The molecule has 3 saturated carbocycles. The Kier molecular flexibility index (Phi) is 7.64. The maximum atomic E-state index is 13.4. The summed E-state index contributed by atoms with van der Waals surface area (Å²) in [6, 6.07) is 0.458. The summed E-state index contributed by atoms with van der Waals surface area (Å²) in [5, 5.41) is 6.68. The molecule has 7 heteroatoms. The summed E-state index contributed by atoms with van der Waals surface area (Å²) in [5.41, 5.74) is 0. The first-order valence-electron chi connectivity index (χ1n) is 13.2. The highest BCUT2D eigenvalue weighted by Gasteiger charge is 2.54. The molecule has 3 aliphatic carbocycles. The summed E-state index contributed by atoms with van der Waals surface area (Å²) in [4.78, 5) is 26.2. The lowest BCUT2D eigenvalue weighted by Crippen LogP contribution is -2.50. The van der Waals surface area contributed by atoms with E-state index in [-0.39, 0.29) is 39.4 Å². The van der Waals surface area contributed by atoms with Crippen molar-refractivity contribution in [3.8, 4) is 0 Å². The maximum Gasteiger partial charge on any atom is 0.312 e. The first-order valence-corrected chi connectivity index (χ1v) is 15.1. The van der Waals surface area contributed by atoms with Crippen LogP contribution >= 0.6 is 23.5 Å². The van der Waals surface area contributed by atoms with Crippen LogP contribution in [0.3, 0.4) is 0 Å². The van der Waals surface area contributed by atoms with Crippen LogP contribution in [0.5, 0.6) is 0 Å². The molecule has 5 aliphatic rings. The molecule has 2 heterocycles. The Labute approximate surface area is 201 Å². The van der Waals surface area contributed by atoms with Gasteiger partial charge in [0.2, 0.25) is 5.91 Å². The lowest BCUT2D eigenvalue weighted by atomic mass is 9.72. The van der Waals surface area contributed by atoms with Crippen molar-refractivity contribution in [2.45, 2.75) is 124 Å². The van der Waals surface area contributed by atoms with Gasteiger partial charge in [-0.3, -0.25) is 14.9 Å². The Balaban J connectivity index is 1.22. The molecule has 5 nitrogen and oxygen atoms in total. The molecule has 2 N–H and O–H groups in total. The third kappa shape index (κ3) is 4.86. The summed E-state index contributed by atoms with van der Waals surface area (Å²) >= 11 is 3.65. The van der Waals surface area contributed by atoms with E-state index in [1.807, 2.05) is 11.8 Å². The molecule has 0 radical (unpaired) electrons. The van der Waals surface area contributed by atoms with Crippen molar-refractivity contribution >= 4 is 35.4 Å². The number of hydrogen-bond donors (Lipinski definition) is 2. The summed E-state index contributed by atoms with van der Waals surface area (Å²) in [5.74, 6) is 1.43. The van der Waals surface area contributed by atoms with Crippen LogP contribution in [0.1, 0.15) is 96.3 Å². The van der Waals surface area contributed by atoms with E-state index in [2.05, 4.69) is 10.6 Å². The number of hydrogen-bond acceptors (Lipinski definition) is 6. The number of rotatable bonds is 5. The second kappa shape index (κ2) is 10.5. The monoisotopic (exact) mass is 480 g/mol. The molecule has 0 spiro atoms. The molecule has 5 atom stereocenters. The summed E-state index contributed by atoms with van der Waals surface area (Å²) in [7, 11) is 0. The maximum absolute atomic E-state index is 13.4. The van der Waals surface area contributed by atoms with Gasteiger partial charge in [-0.05, 0) is 69.5 Å². The molecule has 5 fully saturated rings. The fourth-order valence-corrected chi connectivity index (χ4v) is 10.1. The second-order valence-corrected chi connectivity index (χ2v) is 13.4. The topological polar surface area (TPSA) is 67.4 Å². The van der Waals surface area contributed by atoms with E-state index in [9.17, 15) is 9.59 Å². The fourth-order valence-electron chi connectivity index (χ4n) is 6.90. The van der Waals surface area contributed by atoms with Gasteiger partial charge >= 0.3 is 5.97 Å². The highest BCUT2D eigenvalue weighted by Crippen LogP contribution is 2.54. The van der Waals surface area contributed by atoms with Crippen LogP contribution in [0.25, 0.3) is 0 Å². The van der Waals surface area contributed by atoms with Gasteiger partial charge in [-0.1, -0.05) is 38.5 Å². The van der Waals surface area contributed by atoms with E-state index in [0.29, 0.717) is 6.04 Å². The van der Waals surface area contributed by atoms with Gasteiger partial charge in [0.1, 0.15) is 11.5 Å². The van der Waals surface area contributed by atoms with E-state index in [4.69, 9.17) is 4.74 Å². The Bertz CT molecular complexity index is 678. The number of carbonyl (C=O) groups is 2. The Morgan fingerprint density at radius 1 is 0.875 bits per heavy atom. The van der Waals surface area contributed by atoms with Crippen molar-refractivity contribution in [1.82, 2.24) is 10.6 Å². The van der Waals surface area contributed by atoms with Crippen LogP contribution in [0, 0.1) is 11.8 Å². The molecule has 5 rings (SSSR count). The summed E-state index contributed by atoms with van der Waals surface area (Å²) < 4.78 is 6.02. The first-order chi connectivity index (χ1) is 15.7. The molecule has 180 valence electrons. The largest absolute Gasteiger partial charge is 0.462 e. The summed E-state index contributed by atoms with van der Waals surface area (Å²) in [6.45, 7) is 0. The van der Waals surface area contributed by atoms with E-state index in [1.54, 1.807) is 11.8 Å². The van der Waals surface area contributed by atoms with Crippen molar-refractivity contribution in [3.63, 3.8) is 0 Å². The van der Waals surface area contributed by atoms with Gasteiger partial charge in [0, 0.05) is 10.8 Å². The second-order valence-electron chi connectivity index (χ2n) is 10.6. The van der Waals surface area contributed by atoms with E-state index >= 15 is 0 Å². The van der Waals surface area contributed by atoms with Crippen LogP contribution in [0.2, 0.25) is 0 Å². The molecule has 2 saturated heterocycles. The standard InChI is InChI=1S/C25H40N2O3S2/c28-21(27-22-19(14-16-31-22)24(29)30-18-11-5-6-12-18)23-26-20-13-7-8-15-25(20,32-23)17-9-3-1-2-4-10-17/h17-20,22-23,26H,1-16H2,(H,27,28). The Morgan fingerprint density at radius 2 is 1.59 bits per heavy atom. The normalized spacial score (nSPS) is 38.9. The van der Waals surface area contributed by atoms with Gasteiger partial charge in [-0.2, -0.15) is 0 Å². The minimum atomic E-state index is -0.200. The van der Waals surface area contributed by atoms with Gasteiger partial charge in [0.05, 0.1) is 11.3 Å². The van der Waals surface area contributed by atoms with Crippen molar-refractivity contribution in [1.29, 1.82) is 0 Å². The molecule has 5 unspecified atom stereocenters. The predicted octanol–water partition coefficient (Wildman–Crippen LogP) is 4.98. The van der Waals surface area contributed by atoms with Gasteiger partial charge < -0.3 is 10.1 Å². The van der Waals surface area contributed by atoms with Gasteiger partial charge in [-0.25, -0.2) is 0 Å². The average molecular weight is 481 g/mol. The Morgan fingerprint density at radius 3 is 2.38 bits per heavy atom. The van der Waals surface area contributed by atoms with Crippen molar-refractivity contribution < 1.29 is 14.3 Å². The highest BCUT2D eigenvalue weighted by atomic mass is 32.2. The number of carbonyl (C=O) groups excluding carboxylic acids is 2. The van der Waals surface area contributed by atoms with Crippen molar-refractivity contribution in [2.24, 2.45) is 11.8 Å². The van der Waals surface area contributed by atoms with Crippen LogP contribution in [0.4, 0.5) is 0 Å². The third-order valence-electron chi connectivity index (χ3n) is 8.64. The number of thioether (sulfide) groups is 2. The number of nitrogens with one attached hydrogen (secondary N) is 2. The molecule has 32 heavy (non-hydrogen) atoms. The molecular weight excluding hydrogens is 440 g/mol. The van der Waals surface area contributed by atoms with E-state index < -0.39 is 0 Å². The lowest BCUT2D eigenvalue weighted by molar-refractivity contribution is -0.153. The zero-order chi connectivity index (χ0) is 22.0. The quantitative estimate of drug-likeness (QED) is 0.427. The van der Waals surface area contributed by atoms with Crippen LogP contribution in [-0.2, 0) is 14.3 Å². The molecular formula is C25H40N2O3S2. The predicted molar refractivity (Wildman–Crippen MR) is 132 cm³/mol. The zero-order valence-electron chi connectivity index (χ0n) is 19.3. The number of ether oxygens (including phenoxy) is 1. The fraction of sp³-hybridized carbons (Fsp3) is 0.920. The van der Waals surface area contributed by atoms with Crippen LogP contribution in [-0.4, -0.2) is 45.3 Å². The van der Waals surface area contributed by atoms with Crippen LogP contribution in [0.15, 0.2) is 0 Å². The van der Waals surface area contributed by atoms with Crippen molar-refractivity contribution in [2.75, 3.05) is 5.75 Å². The van der Waals surface area contributed by atoms with E-state index in [0.717, 1.165) is 43.8 Å². The van der Waals surface area contributed by atoms with Gasteiger partial charge in [0.15, 0.2) is 0 Å². The minimum absolute atomic E-state index is 0.0791.